The second kappa shape index (κ2) is 3.30. The van der Waals surface area contributed by atoms with Crippen molar-refractivity contribution in [1.29, 1.82) is 0 Å². The normalized spacial score (nSPS) is 16.8. The standard InChI is InChI=1S/C9H14N4/c1-10-9-7-5-13(2)4-3-8(7)11-6-12-9/h6H,3-5H2,1-2H3,(H,10,11,12). The highest BCUT2D eigenvalue weighted by Gasteiger charge is 2.17. The van der Waals surface area contributed by atoms with Gasteiger partial charge in [0.05, 0.1) is 5.69 Å². The largest absolute Gasteiger partial charge is 0.373 e. The van der Waals surface area contributed by atoms with Crippen molar-refractivity contribution < 1.29 is 0 Å². The van der Waals surface area contributed by atoms with Crippen LogP contribution in [-0.2, 0) is 13.0 Å². The Morgan fingerprint density at radius 3 is 3.08 bits per heavy atom. The number of fused-ring (bicyclic) bond motifs is 1. The van der Waals surface area contributed by atoms with Crippen molar-refractivity contribution >= 4 is 5.82 Å². The van der Waals surface area contributed by atoms with Crippen molar-refractivity contribution in [2.75, 3.05) is 26.0 Å². The van der Waals surface area contributed by atoms with Gasteiger partial charge in [-0.2, -0.15) is 0 Å². The van der Waals surface area contributed by atoms with Crippen LogP contribution in [0.2, 0.25) is 0 Å². The summed E-state index contributed by atoms with van der Waals surface area (Å²) in [5.41, 5.74) is 2.44. The summed E-state index contributed by atoms with van der Waals surface area (Å²) in [5, 5.41) is 3.10. The molecule has 0 saturated carbocycles. The van der Waals surface area contributed by atoms with E-state index in [9.17, 15) is 0 Å². The quantitative estimate of drug-likeness (QED) is 0.680. The smallest absolute Gasteiger partial charge is 0.133 e. The van der Waals surface area contributed by atoms with E-state index in [1.807, 2.05) is 7.05 Å². The molecule has 2 heterocycles. The molecule has 1 aromatic rings. The molecule has 1 N–H and O–H groups in total. The Kier molecular flexibility index (Phi) is 2.14. The van der Waals surface area contributed by atoms with Gasteiger partial charge in [-0.1, -0.05) is 0 Å². The Balaban J connectivity index is 2.41. The Morgan fingerprint density at radius 2 is 2.31 bits per heavy atom. The number of likely N-dealkylation sites (N-methyl/N-ethyl adjacent to an activating group) is 1. The van der Waals surface area contributed by atoms with Crippen LogP contribution in [0, 0.1) is 0 Å². The highest BCUT2D eigenvalue weighted by atomic mass is 15.1. The van der Waals surface area contributed by atoms with E-state index in [0.29, 0.717) is 0 Å². The van der Waals surface area contributed by atoms with Crippen molar-refractivity contribution in [3.63, 3.8) is 0 Å². The van der Waals surface area contributed by atoms with Crippen LogP contribution in [-0.4, -0.2) is 35.5 Å². The van der Waals surface area contributed by atoms with Gasteiger partial charge in [0.25, 0.3) is 0 Å². The molecular formula is C9H14N4. The van der Waals surface area contributed by atoms with E-state index in [2.05, 4.69) is 27.2 Å². The average Bonchev–Trinajstić information content (AvgIpc) is 2.17. The van der Waals surface area contributed by atoms with Gasteiger partial charge in [0.15, 0.2) is 0 Å². The highest BCUT2D eigenvalue weighted by Crippen LogP contribution is 2.20. The zero-order chi connectivity index (χ0) is 9.26. The van der Waals surface area contributed by atoms with Crippen LogP contribution in [0.25, 0.3) is 0 Å². The molecule has 70 valence electrons. The summed E-state index contributed by atoms with van der Waals surface area (Å²) in [6.45, 7) is 2.04. The van der Waals surface area contributed by atoms with Crippen molar-refractivity contribution in [1.82, 2.24) is 14.9 Å². The second-order valence-corrected chi connectivity index (χ2v) is 3.39. The summed E-state index contributed by atoms with van der Waals surface area (Å²) < 4.78 is 0. The summed E-state index contributed by atoms with van der Waals surface area (Å²) in [5.74, 6) is 0.969. The molecule has 0 aliphatic carbocycles. The molecule has 0 fully saturated rings. The predicted molar refractivity (Wildman–Crippen MR) is 51.6 cm³/mol. The van der Waals surface area contributed by atoms with Gasteiger partial charge in [0.2, 0.25) is 0 Å². The minimum atomic E-state index is 0.951. The molecule has 0 radical (unpaired) electrons. The van der Waals surface area contributed by atoms with Crippen LogP contribution >= 0.6 is 0 Å². The lowest BCUT2D eigenvalue weighted by Crippen LogP contribution is -2.28. The third-order valence-corrected chi connectivity index (χ3v) is 2.43. The van der Waals surface area contributed by atoms with Gasteiger partial charge in [-0.3, -0.25) is 0 Å². The van der Waals surface area contributed by atoms with E-state index in [1.165, 1.54) is 11.3 Å². The van der Waals surface area contributed by atoms with Crippen LogP contribution in [0.3, 0.4) is 0 Å². The topological polar surface area (TPSA) is 41.1 Å². The molecule has 0 unspecified atom stereocenters. The number of anilines is 1. The molecule has 0 atom stereocenters. The maximum Gasteiger partial charge on any atom is 0.133 e. The van der Waals surface area contributed by atoms with Crippen LogP contribution in [0.5, 0.6) is 0 Å². The van der Waals surface area contributed by atoms with E-state index in [-0.39, 0.29) is 0 Å². The lowest BCUT2D eigenvalue weighted by atomic mass is 10.1. The summed E-state index contributed by atoms with van der Waals surface area (Å²) in [4.78, 5) is 10.8. The van der Waals surface area contributed by atoms with Crippen molar-refractivity contribution in [3.05, 3.63) is 17.6 Å². The first-order valence-electron chi connectivity index (χ1n) is 4.50. The molecule has 2 rings (SSSR count). The van der Waals surface area contributed by atoms with E-state index < -0.39 is 0 Å². The summed E-state index contributed by atoms with van der Waals surface area (Å²) in [6, 6.07) is 0. The monoisotopic (exact) mass is 178 g/mol. The number of hydrogen-bond acceptors (Lipinski definition) is 4. The Morgan fingerprint density at radius 1 is 1.46 bits per heavy atom. The van der Waals surface area contributed by atoms with Gasteiger partial charge in [0, 0.05) is 32.1 Å². The van der Waals surface area contributed by atoms with Gasteiger partial charge in [-0.15, -0.1) is 0 Å². The lowest BCUT2D eigenvalue weighted by Gasteiger charge is -2.25. The second-order valence-electron chi connectivity index (χ2n) is 3.39. The van der Waals surface area contributed by atoms with Crippen LogP contribution in [0.4, 0.5) is 5.82 Å². The number of nitrogens with zero attached hydrogens (tertiary/aromatic N) is 3. The Labute approximate surface area is 78.0 Å². The summed E-state index contributed by atoms with van der Waals surface area (Å²) in [7, 11) is 4.02. The molecular weight excluding hydrogens is 164 g/mol. The fourth-order valence-corrected chi connectivity index (χ4v) is 1.69. The van der Waals surface area contributed by atoms with Gasteiger partial charge in [0.1, 0.15) is 12.1 Å². The molecule has 1 aliphatic heterocycles. The number of nitrogens with one attached hydrogen (secondary N) is 1. The minimum absolute atomic E-state index is 0.951. The third-order valence-electron chi connectivity index (χ3n) is 2.43. The third kappa shape index (κ3) is 1.49. The zero-order valence-corrected chi connectivity index (χ0v) is 8.04. The van der Waals surface area contributed by atoms with Crippen molar-refractivity contribution in [2.24, 2.45) is 0 Å². The molecule has 0 aromatic carbocycles. The Bertz CT molecular complexity index is 296. The van der Waals surface area contributed by atoms with Gasteiger partial charge in [-0.05, 0) is 7.05 Å². The SMILES string of the molecule is CNc1ncnc2c1CN(C)CC2. The maximum absolute atomic E-state index is 4.28. The minimum Gasteiger partial charge on any atom is -0.373 e. The number of hydrogen-bond donors (Lipinski definition) is 1. The summed E-state index contributed by atoms with van der Waals surface area (Å²) >= 11 is 0. The highest BCUT2D eigenvalue weighted by molar-refractivity contribution is 5.46. The molecule has 0 amide bonds. The van der Waals surface area contributed by atoms with Crippen LogP contribution in [0.15, 0.2) is 6.33 Å². The molecule has 0 spiro atoms. The van der Waals surface area contributed by atoms with E-state index >= 15 is 0 Å². The first kappa shape index (κ1) is 8.44. The molecule has 13 heavy (non-hydrogen) atoms. The molecule has 0 bridgehead atoms. The van der Waals surface area contributed by atoms with Crippen molar-refractivity contribution in [2.45, 2.75) is 13.0 Å². The first-order valence-corrected chi connectivity index (χ1v) is 4.50. The maximum atomic E-state index is 4.28. The number of aromatic nitrogens is 2. The fraction of sp³-hybridized carbons (Fsp3) is 0.556. The fourth-order valence-electron chi connectivity index (χ4n) is 1.69. The van der Waals surface area contributed by atoms with Gasteiger partial charge in [-0.25, -0.2) is 9.97 Å². The molecule has 1 aliphatic rings. The number of rotatable bonds is 1. The van der Waals surface area contributed by atoms with E-state index in [1.54, 1.807) is 6.33 Å². The molecule has 4 heteroatoms. The van der Waals surface area contributed by atoms with Gasteiger partial charge < -0.3 is 10.2 Å². The van der Waals surface area contributed by atoms with Gasteiger partial charge >= 0.3 is 0 Å². The molecule has 4 nitrogen and oxygen atoms in total. The zero-order valence-electron chi connectivity index (χ0n) is 8.04. The van der Waals surface area contributed by atoms with Crippen LogP contribution < -0.4 is 5.32 Å². The van der Waals surface area contributed by atoms with Crippen molar-refractivity contribution in [3.8, 4) is 0 Å². The molecule has 1 aromatic heterocycles. The first-order chi connectivity index (χ1) is 6.31. The lowest BCUT2D eigenvalue weighted by molar-refractivity contribution is 0.310. The predicted octanol–water partition coefficient (Wildman–Crippen LogP) is 0.506. The summed E-state index contributed by atoms with van der Waals surface area (Å²) in [6.07, 6.45) is 2.67. The van der Waals surface area contributed by atoms with E-state index in [0.717, 1.165) is 25.3 Å². The Hall–Kier alpha value is -1.16. The van der Waals surface area contributed by atoms with E-state index in [4.69, 9.17) is 0 Å². The average molecular weight is 178 g/mol. The van der Waals surface area contributed by atoms with Crippen LogP contribution in [0.1, 0.15) is 11.3 Å². The molecule has 0 saturated heterocycles.